The van der Waals surface area contributed by atoms with Crippen LogP contribution in [0.25, 0.3) is 0 Å². The molecule has 1 aliphatic heterocycles. The molecular formula is C16H34N2O. The first-order valence-corrected chi connectivity index (χ1v) is 8.04. The molecule has 1 heterocycles. The van der Waals surface area contributed by atoms with E-state index in [0.29, 0.717) is 11.6 Å². The summed E-state index contributed by atoms with van der Waals surface area (Å²) in [6.07, 6.45) is 4.90. The lowest BCUT2D eigenvalue weighted by atomic mass is 9.88. The Balaban J connectivity index is 2.55. The minimum Gasteiger partial charge on any atom is -0.385 e. The molecule has 1 rings (SSSR count). The van der Waals surface area contributed by atoms with Gasteiger partial charge in [-0.1, -0.05) is 27.2 Å². The van der Waals surface area contributed by atoms with Crippen molar-refractivity contribution in [1.82, 2.24) is 10.2 Å². The van der Waals surface area contributed by atoms with Gasteiger partial charge in [0.2, 0.25) is 0 Å². The highest BCUT2D eigenvalue weighted by atomic mass is 16.5. The topological polar surface area (TPSA) is 24.5 Å². The molecule has 0 aromatic rings. The number of hydrogen-bond acceptors (Lipinski definition) is 3. The van der Waals surface area contributed by atoms with Crippen molar-refractivity contribution in [1.29, 1.82) is 0 Å². The summed E-state index contributed by atoms with van der Waals surface area (Å²) in [6.45, 7) is 13.8. The molecule has 0 aromatic heterocycles. The summed E-state index contributed by atoms with van der Waals surface area (Å²) < 4.78 is 5.16. The standard InChI is InChI=1S/C16H34N2O/c1-6-14(3)15-12-17-16(4,7-2)13-18(15)10-8-9-11-19-5/h14-15,17H,6-13H2,1-5H3. The number of piperazine rings is 1. The van der Waals surface area contributed by atoms with E-state index in [1.807, 2.05) is 0 Å². The van der Waals surface area contributed by atoms with Gasteiger partial charge in [0.05, 0.1) is 0 Å². The normalized spacial score (nSPS) is 30.5. The molecule has 3 heteroatoms. The number of unbranched alkanes of at least 4 members (excludes halogenated alkanes) is 1. The summed E-state index contributed by atoms with van der Waals surface area (Å²) in [7, 11) is 1.79. The van der Waals surface area contributed by atoms with Gasteiger partial charge in [-0.05, 0) is 38.6 Å². The monoisotopic (exact) mass is 270 g/mol. The highest BCUT2D eigenvalue weighted by Crippen LogP contribution is 2.24. The number of nitrogens with one attached hydrogen (secondary N) is 1. The number of rotatable bonds is 8. The van der Waals surface area contributed by atoms with Crippen molar-refractivity contribution in [2.45, 2.75) is 65.0 Å². The lowest BCUT2D eigenvalue weighted by Gasteiger charge is -2.48. The van der Waals surface area contributed by atoms with Gasteiger partial charge in [-0.15, -0.1) is 0 Å². The summed E-state index contributed by atoms with van der Waals surface area (Å²) >= 11 is 0. The second-order valence-corrected chi connectivity index (χ2v) is 6.42. The maximum Gasteiger partial charge on any atom is 0.0462 e. The van der Waals surface area contributed by atoms with Crippen LogP contribution in [-0.4, -0.2) is 49.8 Å². The molecule has 0 bridgehead atoms. The minimum atomic E-state index is 0.297. The van der Waals surface area contributed by atoms with Crippen molar-refractivity contribution in [3.05, 3.63) is 0 Å². The Bertz CT molecular complexity index is 247. The minimum absolute atomic E-state index is 0.297. The molecule has 1 N–H and O–H groups in total. The number of methoxy groups -OCH3 is 1. The highest BCUT2D eigenvalue weighted by molar-refractivity contribution is 4.95. The first-order chi connectivity index (χ1) is 9.06. The van der Waals surface area contributed by atoms with Gasteiger partial charge in [-0.25, -0.2) is 0 Å². The molecule has 3 nitrogen and oxygen atoms in total. The van der Waals surface area contributed by atoms with E-state index in [0.717, 1.165) is 19.1 Å². The van der Waals surface area contributed by atoms with Gasteiger partial charge in [0, 0.05) is 38.4 Å². The third-order valence-corrected chi connectivity index (χ3v) is 4.88. The van der Waals surface area contributed by atoms with E-state index in [1.165, 1.54) is 38.8 Å². The molecule has 0 radical (unpaired) electrons. The fourth-order valence-electron chi connectivity index (χ4n) is 2.98. The van der Waals surface area contributed by atoms with Crippen LogP contribution in [0.1, 0.15) is 53.4 Å². The number of hydrogen-bond donors (Lipinski definition) is 1. The van der Waals surface area contributed by atoms with Crippen molar-refractivity contribution in [2.75, 3.05) is 33.4 Å². The van der Waals surface area contributed by atoms with Crippen LogP contribution in [0, 0.1) is 5.92 Å². The summed E-state index contributed by atoms with van der Waals surface area (Å²) in [4.78, 5) is 2.73. The summed E-state index contributed by atoms with van der Waals surface area (Å²) in [5.41, 5.74) is 0.297. The molecule has 1 saturated heterocycles. The average molecular weight is 270 g/mol. The van der Waals surface area contributed by atoms with Gasteiger partial charge in [0.25, 0.3) is 0 Å². The summed E-state index contributed by atoms with van der Waals surface area (Å²) in [6, 6.07) is 0.701. The molecule has 114 valence electrons. The zero-order valence-corrected chi connectivity index (χ0v) is 13.7. The van der Waals surface area contributed by atoms with Crippen LogP contribution < -0.4 is 5.32 Å². The van der Waals surface area contributed by atoms with E-state index in [9.17, 15) is 0 Å². The highest BCUT2D eigenvalue weighted by Gasteiger charge is 2.35. The first-order valence-electron chi connectivity index (χ1n) is 8.04. The predicted octanol–water partition coefficient (Wildman–Crippen LogP) is 2.90. The zero-order valence-electron chi connectivity index (χ0n) is 13.7. The van der Waals surface area contributed by atoms with Crippen molar-refractivity contribution in [3.8, 4) is 0 Å². The third-order valence-electron chi connectivity index (χ3n) is 4.88. The molecular weight excluding hydrogens is 236 g/mol. The van der Waals surface area contributed by atoms with Crippen LogP contribution in [0.15, 0.2) is 0 Å². The van der Waals surface area contributed by atoms with Crippen LogP contribution in [0.5, 0.6) is 0 Å². The van der Waals surface area contributed by atoms with E-state index in [4.69, 9.17) is 4.74 Å². The quantitative estimate of drug-likeness (QED) is 0.686. The molecule has 0 aliphatic carbocycles. The molecule has 0 saturated carbocycles. The Morgan fingerprint density at radius 2 is 2.11 bits per heavy atom. The first kappa shape index (κ1) is 16.9. The van der Waals surface area contributed by atoms with E-state index in [2.05, 4.69) is 37.9 Å². The SMILES string of the molecule is CCC(C)C1CNC(C)(CC)CN1CCCCOC. The second kappa shape index (κ2) is 8.23. The van der Waals surface area contributed by atoms with Crippen molar-refractivity contribution in [2.24, 2.45) is 5.92 Å². The number of nitrogens with zero attached hydrogens (tertiary/aromatic N) is 1. The Labute approximate surface area is 120 Å². The molecule has 0 spiro atoms. The Hall–Kier alpha value is -0.120. The Kier molecular flexibility index (Phi) is 7.33. The second-order valence-electron chi connectivity index (χ2n) is 6.42. The van der Waals surface area contributed by atoms with E-state index in [-0.39, 0.29) is 0 Å². The average Bonchev–Trinajstić information content (AvgIpc) is 2.43. The van der Waals surface area contributed by atoms with Gasteiger partial charge < -0.3 is 10.1 Å². The molecule has 0 amide bonds. The molecule has 19 heavy (non-hydrogen) atoms. The third kappa shape index (κ3) is 5.05. The van der Waals surface area contributed by atoms with Crippen molar-refractivity contribution in [3.63, 3.8) is 0 Å². The predicted molar refractivity (Wildman–Crippen MR) is 82.6 cm³/mol. The van der Waals surface area contributed by atoms with Gasteiger partial charge in [0.1, 0.15) is 0 Å². The zero-order chi connectivity index (χ0) is 14.3. The van der Waals surface area contributed by atoms with Gasteiger partial charge >= 0.3 is 0 Å². The smallest absolute Gasteiger partial charge is 0.0462 e. The van der Waals surface area contributed by atoms with Crippen LogP contribution in [0.3, 0.4) is 0 Å². The summed E-state index contributed by atoms with van der Waals surface area (Å²) in [5, 5.41) is 3.78. The molecule has 1 aliphatic rings. The van der Waals surface area contributed by atoms with Crippen LogP contribution >= 0.6 is 0 Å². The Morgan fingerprint density at radius 3 is 2.68 bits per heavy atom. The number of ether oxygens (including phenoxy) is 1. The van der Waals surface area contributed by atoms with Crippen LogP contribution in [0.2, 0.25) is 0 Å². The van der Waals surface area contributed by atoms with Crippen molar-refractivity contribution < 1.29 is 4.74 Å². The van der Waals surface area contributed by atoms with E-state index < -0.39 is 0 Å². The molecule has 3 unspecified atom stereocenters. The van der Waals surface area contributed by atoms with E-state index in [1.54, 1.807) is 7.11 Å². The lowest BCUT2D eigenvalue weighted by molar-refractivity contribution is 0.0519. The van der Waals surface area contributed by atoms with Gasteiger partial charge in [-0.3, -0.25) is 4.90 Å². The molecule has 3 atom stereocenters. The maximum atomic E-state index is 5.16. The molecule has 1 fully saturated rings. The fourth-order valence-corrected chi connectivity index (χ4v) is 2.98. The van der Waals surface area contributed by atoms with Crippen LogP contribution in [-0.2, 0) is 4.74 Å². The van der Waals surface area contributed by atoms with Gasteiger partial charge in [-0.2, -0.15) is 0 Å². The summed E-state index contributed by atoms with van der Waals surface area (Å²) in [5.74, 6) is 0.774. The van der Waals surface area contributed by atoms with E-state index >= 15 is 0 Å². The largest absolute Gasteiger partial charge is 0.385 e. The maximum absolute atomic E-state index is 5.16. The fraction of sp³-hybridized carbons (Fsp3) is 1.00. The Morgan fingerprint density at radius 1 is 1.37 bits per heavy atom. The van der Waals surface area contributed by atoms with Crippen LogP contribution in [0.4, 0.5) is 0 Å². The molecule has 0 aromatic carbocycles. The lowest BCUT2D eigenvalue weighted by Crippen LogP contribution is -2.64. The van der Waals surface area contributed by atoms with Crippen molar-refractivity contribution >= 4 is 0 Å². The van der Waals surface area contributed by atoms with Gasteiger partial charge in [0.15, 0.2) is 0 Å².